The zero-order chi connectivity index (χ0) is 20.2. The number of hydrogen-bond acceptors (Lipinski definition) is 3. The van der Waals surface area contributed by atoms with Gasteiger partial charge in [-0.3, -0.25) is 0 Å². The molecule has 29 heavy (non-hydrogen) atoms. The van der Waals surface area contributed by atoms with Crippen LogP contribution in [0.25, 0.3) is 11.1 Å². The summed E-state index contributed by atoms with van der Waals surface area (Å²) in [5.41, 5.74) is 5.96. The molecule has 0 saturated heterocycles. The van der Waals surface area contributed by atoms with Gasteiger partial charge in [-0.1, -0.05) is 54.6 Å². The first kappa shape index (κ1) is 19.5. The number of halogens is 1. The molecule has 148 valence electrons. The Bertz CT molecular complexity index is 989. The number of carbonyl (C=O) groups is 1. The highest BCUT2D eigenvalue weighted by molar-refractivity contribution is 9.10. The molecule has 0 bridgehead atoms. The Balaban J connectivity index is 1.28. The van der Waals surface area contributed by atoms with Gasteiger partial charge < -0.3 is 15.2 Å². The van der Waals surface area contributed by atoms with Gasteiger partial charge in [0.25, 0.3) is 0 Å². The largest absolute Gasteiger partial charge is 0.507 e. The molecule has 0 heterocycles. The Labute approximate surface area is 178 Å². The van der Waals surface area contributed by atoms with E-state index in [0.717, 1.165) is 18.4 Å². The number of ether oxygens (including phenoxy) is 1. The molecule has 0 radical (unpaired) electrons. The van der Waals surface area contributed by atoms with E-state index in [4.69, 9.17) is 4.74 Å². The van der Waals surface area contributed by atoms with Gasteiger partial charge in [-0.15, -0.1) is 0 Å². The lowest BCUT2D eigenvalue weighted by Crippen LogP contribution is -2.27. The van der Waals surface area contributed by atoms with E-state index in [1.807, 2.05) is 36.4 Å². The number of carbonyl (C=O) groups excluding carboxylic acids is 1. The van der Waals surface area contributed by atoms with Crippen LogP contribution in [0.5, 0.6) is 5.75 Å². The molecule has 0 unspecified atom stereocenters. The lowest BCUT2D eigenvalue weighted by atomic mass is 9.98. The third-order valence-corrected chi connectivity index (χ3v) is 5.90. The highest BCUT2D eigenvalue weighted by Gasteiger charge is 2.28. The number of aromatic hydroxyl groups is 1. The molecule has 5 heteroatoms. The summed E-state index contributed by atoms with van der Waals surface area (Å²) in [4.78, 5) is 12.2. The van der Waals surface area contributed by atoms with Crippen molar-refractivity contribution in [2.24, 2.45) is 0 Å². The number of amides is 1. The van der Waals surface area contributed by atoms with Gasteiger partial charge in [-0.2, -0.15) is 0 Å². The molecule has 1 amide bonds. The average molecular weight is 452 g/mol. The van der Waals surface area contributed by atoms with Crippen molar-refractivity contribution < 1.29 is 14.6 Å². The molecule has 1 aliphatic rings. The van der Waals surface area contributed by atoms with E-state index in [-0.39, 0.29) is 11.7 Å². The number of alkyl carbamates (subject to hydrolysis) is 1. The number of phenols is 1. The van der Waals surface area contributed by atoms with E-state index in [2.05, 4.69) is 45.5 Å². The normalized spacial score (nSPS) is 12.3. The second-order valence-corrected chi connectivity index (χ2v) is 8.00. The van der Waals surface area contributed by atoms with E-state index < -0.39 is 6.09 Å². The fraction of sp³-hybridized carbons (Fsp3) is 0.208. The number of phenolic OH excluding ortho intramolecular Hbond substituents is 1. The summed E-state index contributed by atoms with van der Waals surface area (Å²) in [6, 6.07) is 22.0. The van der Waals surface area contributed by atoms with E-state index in [1.165, 1.54) is 22.3 Å². The van der Waals surface area contributed by atoms with Gasteiger partial charge in [0.05, 0.1) is 4.47 Å². The molecular weight excluding hydrogens is 430 g/mol. The minimum Gasteiger partial charge on any atom is -0.507 e. The van der Waals surface area contributed by atoms with Crippen LogP contribution < -0.4 is 5.32 Å². The van der Waals surface area contributed by atoms with Crippen LogP contribution in [0.2, 0.25) is 0 Å². The van der Waals surface area contributed by atoms with Gasteiger partial charge in [0.2, 0.25) is 0 Å². The second kappa shape index (κ2) is 8.70. The summed E-state index contributed by atoms with van der Waals surface area (Å²) < 4.78 is 6.22. The Morgan fingerprint density at radius 2 is 1.66 bits per heavy atom. The molecule has 0 spiro atoms. The SMILES string of the molecule is O=C(NCCCc1ccc(O)c(Br)c1)OCC1c2ccccc2-c2ccccc21. The maximum absolute atomic E-state index is 12.2. The number of nitrogens with one attached hydrogen (secondary N) is 1. The maximum Gasteiger partial charge on any atom is 0.407 e. The van der Waals surface area contributed by atoms with Gasteiger partial charge in [0, 0.05) is 12.5 Å². The summed E-state index contributed by atoms with van der Waals surface area (Å²) in [6.45, 7) is 0.861. The van der Waals surface area contributed by atoms with Crippen molar-refractivity contribution in [1.82, 2.24) is 5.32 Å². The van der Waals surface area contributed by atoms with E-state index in [1.54, 1.807) is 6.07 Å². The minimum atomic E-state index is -0.390. The van der Waals surface area contributed by atoms with E-state index in [9.17, 15) is 9.90 Å². The Kier molecular flexibility index (Phi) is 5.86. The average Bonchev–Trinajstić information content (AvgIpc) is 3.06. The van der Waals surface area contributed by atoms with E-state index >= 15 is 0 Å². The van der Waals surface area contributed by atoms with Crippen LogP contribution >= 0.6 is 15.9 Å². The molecule has 3 aromatic rings. The molecule has 1 aliphatic carbocycles. The molecular formula is C24H22BrNO3. The van der Waals surface area contributed by atoms with Crippen molar-refractivity contribution in [2.75, 3.05) is 13.2 Å². The predicted octanol–water partition coefficient (Wildman–Crippen LogP) is 5.63. The smallest absolute Gasteiger partial charge is 0.407 e. The zero-order valence-corrected chi connectivity index (χ0v) is 17.5. The molecule has 4 nitrogen and oxygen atoms in total. The fourth-order valence-electron chi connectivity index (χ4n) is 3.84. The highest BCUT2D eigenvalue weighted by Crippen LogP contribution is 2.44. The van der Waals surface area contributed by atoms with Crippen LogP contribution in [-0.2, 0) is 11.2 Å². The number of aryl methyl sites for hydroxylation is 1. The molecule has 0 fully saturated rings. The van der Waals surface area contributed by atoms with Crippen LogP contribution in [0.3, 0.4) is 0 Å². The van der Waals surface area contributed by atoms with E-state index in [0.29, 0.717) is 17.6 Å². The summed E-state index contributed by atoms with van der Waals surface area (Å²) in [5, 5.41) is 12.4. The van der Waals surface area contributed by atoms with Crippen molar-refractivity contribution in [3.8, 4) is 16.9 Å². The Morgan fingerprint density at radius 3 is 2.31 bits per heavy atom. The summed E-state index contributed by atoms with van der Waals surface area (Å²) >= 11 is 3.31. The first-order valence-electron chi connectivity index (χ1n) is 9.69. The van der Waals surface area contributed by atoms with Crippen molar-refractivity contribution in [1.29, 1.82) is 0 Å². The highest BCUT2D eigenvalue weighted by atomic mass is 79.9. The number of rotatable bonds is 6. The Morgan fingerprint density at radius 1 is 1.00 bits per heavy atom. The van der Waals surface area contributed by atoms with Crippen LogP contribution in [0.15, 0.2) is 71.2 Å². The third kappa shape index (κ3) is 4.30. The number of fused-ring (bicyclic) bond motifs is 3. The number of hydrogen-bond donors (Lipinski definition) is 2. The quantitative estimate of drug-likeness (QED) is 0.477. The molecule has 0 aliphatic heterocycles. The third-order valence-electron chi connectivity index (χ3n) is 5.27. The molecule has 0 saturated carbocycles. The first-order valence-corrected chi connectivity index (χ1v) is 10.5. The van der Waals surface area contributed by atoms with Crippen molar-refractivity contribution in [2.45, 2.75) is 18.8 Å². The number of benzene rings is 3. The van der Waals surface area contributed by atoms with Gasteiger partial charge in [0.1, 0.15) is 12.4 Å². The summed E-state index contributed by atoms with van der Waals surface area (Å²) in [6.07, 6.45) is 1.21. The van der Waals surface area contributed by atoms with Crippen LogP contribution in [-0.4, -0.2) is 24.4 Å². The van der Waals surface area contributed by atoms with Crippen LogP contribution in [0.1, 0.15) is 29.0 Å². The monoisotopic (exact) mass is 451 g/mol. The topological polar surface area (TPSA) is 58.6 Å². The van der Waals surface area contributed by atoms with Crippen molar-refractivity contribution in [3.63, 3.8) is 0 Å². The first-order chi connectivity index (χ1) is 14.1. The van der Waals surface area contributed by atoms with Crippen LogP contribution in [0, 0.1) is 0 Å². The van der Waals surface area contributed by atoms with Gasteiger partial charge in [-0.05, 0) is 68.7 Å². The fourth-order valence-corrected chi connectivity index (χ4v) is 4.26. The second-order valence-electron chi connectivity index (χ2n) is 7.14. The predicted molar refractivity (Wildman–Crippen MR) is 117 cm³/mol. The standard InChI is InChI=1S/C24H22BrNO3/c25-22-14-16(11-12-23(22)27)6-5-13-26-24(28)29-15-21-19-9-3-1-7-17(19)18-8-2-4-10-20(18)21/h1-4,7-12,14,21,27H,5-6,13,15H2,(H,26,28). The molecule has 0 atom stereocenters. The van der Waals surface area contributed by atoms with Gasteiger partial charge >= 0.3 is 6.09 Å². The molecule has 3 aromatic carbocycles. The molecule has 2 N–H and O–H groups in total. The lowest BCUT2D eigenvalue weighted by molar-refractivity contribution is 0.143. The zero-order valence-electron chi connectivity index (χ0n) is 15.9. The summed E-state index contributed by atoms with van der Waals surface area (Å²) in [5.74, 6) is 0.299. The minimum absolute atomic E-state index is 0.0718. The summed E-state index contributed by atoms with van der Waals surface area (Å²) in [7, 11) is 0. The van der Waals surface area contributed by atoms with Gasteiger partial charge in [-0.25, -0.2) is 4.79 Å². The van der Waals surface area contributed by atoms with Gasteiger partial charge in [0.15, 0.2) is 0 Å². The lowest BCUT2D eigenvalue weighted by Gasteiger charge is -2.14. The van der Waals surface area contributed by atoms with Crippen LogP contribution in [0.4, 0.5) is 4.79 Å². The Hall–Kier alpha value is -2.79. The maximum atomic E-state index is 12.2. The van der Waals surface area contributed by atoms with Crippen molar-refractivity contribution in [3.05, 3.63) is 87.9 Å². The molecule has 0 aromatic heterocycles. The molecule has 4 rings (SSSR count). The van der Waals surface area contributed by atoms with Crippen molar-refractivity contribution >= 4 is 22.0 Å².